The molecule has 0 atom stereocenters. The van der Waals surface area contributed by atoms with Crippen molar-refractivity contribution in [1.82, 2.24) is 0 Å². The molecule has 0 aliphatic carbocycles. The molecule has 6 bridgehead atoms. The fraction of sp³-hybridized carbons (Fsp3) is 0.394. The molecule has 4 heterocycles. The molecular formula is C33H36O4S2. The largest absolute Gasteiger partial charge is 0.493 e. The van der Waals surface area contributed by atoms with Gasteiger partial charge in [0.2, 0.25) is 0 Å². The summed E-state index contributed by atoms with van der Waals surface area (Å²) in [5.41, 5.74) is 2.16. The van der Waals surface area contributed by atoms with Gasteiger partial charge in [-0.25, -0.2) is 0 Å². The first-order valence-corrected chi connectivity index (χ1v) is 16.0. The van der Waals surface area contributed by atoms with Gasteiger partial charge in [0.15, 0.2) is 0 Å². The van der Waals surface area contributed by atoms with Crippen LogP contribution in [0.4, 0.5) is 0 Å². The van der Waals surface area contributed by atoms with Crippen LogP contribution in [0.5, 0.6) is 23.0 Å². The topological polar surface area (TPSA) is 36.9 Å². The van der Waals surface area contributed by atoms with E-state index in [-0.39, 0.29) is 0 Å². The third-order valence-corrected chi connectivity index (χ3v) is 9.68. The molecule has 204 valence electrons. The fourth-order valence-corrected chi connectivity index (χ4v) is 7.43. The fourth-order valence-electron chi connectivity index (χ4n) is 5.22. The summed E-state index contributed by atoms with van der Waals surface area (Å²) >= 11 is 3.59. The van der Waals surface area contributed by atoms with Crippen molar-refractivity contribution >= 4 is 22.7 Å². The number of benzene rings is 2. The zero-order chi connectivity index (χ0) is 26.3. The third kappa shape index (κ3) is 6.28. The minimum atomic E-state index is 0.702. The van der Waals surface area contributed by atoms with Crippen molar-refractivity contribution < 1.29 is 18.9 Å². The number of rotatable bonds is 0. The molecule has 4 aromatic rings. The van der Waals surface area contributed by atoms with Gasteiger partial charge in [-0.1, -0.05) is 31.4 Å². The zero-order valence-corrected chi connectivity index (χ0v) is 24.0. The minimum absolute atomic E-state index is 0.702. The van der Waals surface area contributed by atoms with E-state index in [2.05, 4.69) is 60.7 Å². The summed E-state index contributed by atoms with van der Waals surface area (Å²) in [7, 11) is 0. The number of hydrogen-bond donors (Lipinski definition) is 0. The molecule has 0 radical (unpaired) electrons. The van der Waals surface area contributed by atoms with E-state index in [9.17, 15) is 0 Å². The predicted molar refractivity (Wildman–Crippen MR) is 162 cm³/mol. The first kappa shape index (κ1) is 26.3. The number of thiophene rings is 2. The lowest BCUT2D eigenvalue weighted by molar-refractivity contribution is 0.283. The van der Waals surface area contributed by atoms with Gasteiger partial charge in [0.05, 0.1) is 37.6 Å². The zero-order valence-electron chi connectivity index (χ0n) is 22.4. The number of ether oxygens (including phenoxy) is 4. The molecule has 0 saturated heterocycles. The second kappa shape index (κ2) is 12.9. The Bertz CT molecular complexity index is 1270. The third-order valence-electron chi connectivity index (χ3n) is 7.28. The second-order valence-electron chi connectivity index (χ2n) is 10.2. The van der Waals surface area contributed by atoms with E-state index < -0.39 is 0 Å². The van der Waals surface area contributed by atoms with Crippen LogP contribution < -0.4 is 18.9 Å². The molecule has 2 aliphatic rings. The first-order chi connectivity index (χ1) is 19.4. The summed E-state index contributed by atoms with van der Waals surface area (Å²) in [6.45, 7) is 2.84. The Hall–Kier alpha value is -2.96. The molecular weight excluding hydrogens is 524 g/mol. The first-order valence-electron chi connectivity index (χ1n) is 14.3. The van der Waals surface area contributed by atoms with E-state index in [1.165, 1.54) is 25.9 Å². The SMILES string of the molecule is c1cc2c3c(c1)OCCCCCCOc1cccc(c1-c1ccc(s1)-c1ccc-3s1)OCCCCCCCO2. The summed E-state index contributed by atoms with van der Waals surface area (Å²) in [5.74, 6) is 3.67. The molecule has 2 aromatic carbocycles. The normalized spacial score (nSPS) is 16.7. The summed E-state index contributed by atoms with van der Waals surface area (Å²) in [6, 6.07) is 21.4. The van der Waals surface area contributed by atoms with Crippen molar-refractivity contribution in [1.29, 1.82) is 0 Å². The van der Waals surface area contributed by atoms with Crippen LogP contribution in [0.3, 0.4) is 0 Å². The minimum Gasteiger partial charge on any atom is -0.493 e. The average Bonchev–Trinajstić information content (AvgIpc) is 3.63. The van der Waals surface area contributed by atoms with Crippen LogP contribution in [0, 0.1) is 0 Å². The van der Waals surface area contributed by atoms with Crippen LogP contribution in [-0.2, 0) is 0 Å². The molecule has 0 N–H and O–H groups in total. The van der Waals surface area contributed by atoms with Crippen LogP contribution in [0.25, 0.3) is 30.6 Å². The van der Waals surface area contributed by atoms with Crippen molar-refractivity contribution in [3.05, 3.63) is 60.7 Å². The van der Waals surface area contributed by atoms with E-state index in [0.29, 0.717) is 13.2 Å². The van der Waals surface area contributed by atoms with Gasteiger partial charge in [-0.05, 0) is 87.1 Å². The van der Waals surface area contributed by atoms with Crippen LogP contribution in [0.2, 0.25) is 0 Å². The molecule has 6 rings (SSSR count). The van der Waals surface area contributed by atoms with E-state index in [1.54, 1.807) is 22.7 Å². The van der Waals surface area contributed by atoms with E-state index >= 15 is 0 Å². The summed E-state index contributed by atoms with van der Waals surface area (Å²) < 4.78 is 25.5. The molecule has 0 unspecified atom stereocenters. The average molecular weight is 561 g/mol. The highest BCUT2D eigenvalue weighted by molar-refractivity contribution is 7.25. The molecule has 2 aliphatic heterocycles. The Morgan fingerprint density at radius 1 is 0.359 bits per heavy atom. The van der Waals surface area contributed by atoms with Crippen molar-refractivity contribution in [3.8, 4) is 53.6 Å². The molecule has 0 spiro atoms. The highest BCUT2D eigenvalue weighted by Gasteiger charge is 2.20. The van der Waals surface area contributed by atoms with Gasteiger partial charge in [0.25, 0.3) is 0 Å². The van der Waals surface area contributed by atoms with Gasteiger partial charge in [-0.15, -0.1) is 22.7 Å². The summed E-state index contributed by atoms with van der Waals surface area (Å²) in [6.07, 6.45) is 9.84. The Kier molecular flexibility index (Phi) is 8.71. The molecule has 0 fully saturated rings. The van der Waals surface area contributed by atoms with Gasteiger partial charge in [0.1, 0.15) is 23.0 Å². The van der Waals surface area contributed by atoms with Gasteiger partial charge in [-0.3, -0.25) is 0 Å². The van der Waals surface area contributed by atoms with E-state index in [1.807, 2.05) is 0 Å². The monoisotopic (exact) mass is 560 g/mol. The Labute approximate surface area is 239 Å². The maximum atomic E-state index is 6.39. The molecule has 0 amide bonds. The van der Waals surface area contributed by atoms with E-state index in [4.69, 9.17) is 18.9 Å². The van der Waals surface area contributed by atoms with Crippen LogP contribution in [0.1, 0.15) is 57.8 Å². The van der Waals surface area contributed by atoms with Gasteiger partial charge >= 0.3 is 0 Å². The maximum absolute atomic E-state index is 6.39. The Balaban J connectivity index is 1.45. The van der Waals surface area contributed by atoms with Crippen molar-refractivity contribution in [2.24, 2.45) is 0 Å². The van der Waals surface area contributed by atoms with E-state index in [0.717, 1.165) is 98.7 Å². The molecule has 4 nitrogen and oxygen atoms in total. The van der Waals surface area contributed by atoms with Crippen LogP contribution in [-0.4, -0.2) is 26.4 Å². The smallest absolute Gasteiger partial charge is 0.131 e. The predicted octanol–water partition coefficient (Wildman–Crippen LogP) is 9.86. The summed E-state index contributed by atoms with van der Waals surface area (Å²) in [4.78, 5) is 4.83. The van der Waals surface area contributed by atoms with Gasteiger partial charge in [-0.2, -0.15) is 0 Å². The Morgan fingerprint density at radius 3 is 1.03 bits per heavy atom. The second-order valence-corrected chi connectivity index (χ2v) is 12.3. The lowest BCUT2D eigenvalue weighted by Gasteiger charge is -2.16. The standard InChI is InChI=1S/C33H36O4S2/c1-2-6-20-34-24-12-10-14-26-32(24)30-18-16-28(38-30)29-17-19-31(39-29)33-25(35-21-7-3-1)13-11-15-27(33)37-23-9-5-4-8-22-36-26/h10-19H,1-9,20-23H2. The lowest BCUT2D eigenvalue weighted by Crippen LogP contribution is -2.03. The van der Waals surface area contributed by atoms with Crippen molar-refractivity contribution in [2.45, 2.75) is 57.8 Å². The van der Waals surface area contributed by atoms with Crippen molar-refractivity contribution in [3.63, 3.8) is 0 Å². The quantitative estimate of drug-likeness (QED) is 0.214. The van der Waals surface area contributed by atoms with Gasteiger partial charge < -0.3 is 18.9 Å². The van der Waals surface area contributed by atoms with Gasteiger partial charge in [0, 0.05) is 19.5 Å². The lowest BCUT2D eigenvalue weighted by atomic mass is 10.1. The molecule has 39 heavy (non-hydrogen) atoms. The molecule has 2 aromatic heterocycles. The molecule has 0 saturated carbocycles. The highest BCUT2D eigenvalue weighted by Crippen LogP contribution is 2.48. The molecule has 6 heteroatoms. The number of hydrogen-bond acceptors (Lipinski definition) is 6. The van der Waals surface area contributed by atoms with Crippen LogP contribution >= 0.6 is 22.7 Å². The van der Waals surface area contributed by atoms with Crippen molar-refractivity contribution in [2.75, 3.05) is 26.4 Å². The van der Waals surface area contributed by atoms with Crippen LogP contribution in [0.15, 0.2) is 60.7 Å². The summed E-state index contributed by atoms with van der Waals surface area (Å²) in [5, 5.41) is 0. The maximum Gasteiger partial charge on any atom is 0.131 e. The Morgan fingerprint density at radius 2 is 0.667 bits per heavy atom. The highest BCUT2D eigenvalue weighted by atomic mass is 32.1.